The van der Waals surface area contributed by atoms with Crippen LogP contribution in [0.25, 0.3) is 11.1 Å². The molecule has 4 nitrogen and oxygen atoms in total. The van der Waals surface area contributed by atoms with Crippen molar-refractivity contribution in [3.05, 3.63) is 83.4 Å². The van der Waals surface area contributed by atoms with Crippen LogP contribution in [0.3, 0.4) is 0 Å². The Morgan fingerprint density at radius 3 is 2.50 bits per heavy atom. The number of primary amides is 1. The van der Waals surface area contributed by atoms with Gasteiger partial charge in [-0.05, 0) is 41.7 Å². The number of alkyl halides is 2. The van der Waals surface area contributed by atoms with E-state index in [2.05, 4.69) is 0 Å². The molecule has 1 fully saturated rings. The summed E-state index contributed by atoms with van der Waals surface area (Å²) in [5.74, 6) is 0.176. The Morgan fingerprint density at radius 1 is 1.07 bits per heavy atom. The third kappa shape index (κ3) is 2.91. The summed E-state index contributed by atoms with van der Waals surface area (Å²) in [7, 11) is 0. The first-order valence-electron chi connectivity index (χ1n) is 9.74. The van der Waals surface area contributed by atoms with Crippen LogP contribution in [0.4, 0.5) is 8.78 Å². The van der Waals surface area contributed by atoms with Crippen molar-refractivity contribution in [1.29, 1.82) is 0 Å². The molecule has 1 aliphatic heterocycles. The van der Waals surface area contributed by atoms with Gasteiger partial charge in [0.2, 0.25) is 5.91 Å². The van der Waals surface area contributed by atoms with Crippen LogP contribution in [0.2, 0.25) is 0 Å². The highest BCUT2D eigenvalue weighted by Gasteiger charge is 2.50. The number of nitrogens with two attached hydrogens (primary N) is 1. The largest absolute Gasteiger partial charge is 0.480 e. The second-order valence-corrected chi connectivity index (χ2v) is 7.66. The van der Waals surface area contributed by atoms with E-state index in [1.807, 2.05) is 48.5 Å². The summed E-state index contributed by atoms with van der Waals surface area (Å²) in [6, 6.07) is 20.2. The first kappa shape index (κ1) is 18.6. The molecule has 152 valence electrons. The Balaban J connectivity index is 1.71. The summed E-state index contributed by atoms with van der Waals surface area (Å²) in [6.45, 7) is -2.95. The molecule has 1 atom stereocenters. The van der Waals surface area contributed by atoms with E-state index < -0.39 is 18.1 Å². The van der Waals surface area contributed by atoms with Crippen molar-refractivity contribution in [2.75, 3.05) is 0 Å². The fourth-order valence-electron chi connectivity index (χ4n) is 4.24. The Hall–Kier alpha value is -3.41. The van der Waals surface area contributed by atoms with E-state index in [4.69, 9.17) is 15.2 Å². The number of hydrogen-bond donors (Lipinski definition) is 1. The van der Waals surface area contributed by atoms with Gasteiger partial charge >= 0.3 is 6.61 Å². The molecule has 0 spiro atoms. The number of rotatable bonds is 5. The molecule has 1 amide bonds. The number of carbonyl (C=O) groups is 1. The minimum atomic E-state index is -2.95. The van der Waals surface area contributed by atoms with Gasteiger partial charge in [-0.25, -0.2) is 0 Å². The highest BCUT2D eigenvalue weighted by Crippen LogP contribution is 2.53. The van der Waals surface area contributed by atoms with Gasteiger partial charge in [-0.2, -0.15) is 8.78 Å². The number of ether oxygens (including phenoxy) is 2. The van der Waals surface area contributed by atoms with Crippen LogP contribution in [0.1, 0.15) is 35.6 Å². The number of carbonyl (C=O) groups excluding carboxylic acids is 1. The number of fused-ring (bicyclic) bond motifs is 3. The fraction of sp³-hybridized carbons (Fsp3) is 0.208. The highest BCUT2D eigenvalue weighted by molar-refractivity contribution is 5.91. The molecule has 1 heterocycles. The van der Waals surface area contributed by atoms with Gasteiger partial charge in [-0.1, -0.05) is 54.6 Å². The first-order valence-corrected chi connectivity index (χ1v) is 9.74. The molecule has 3 aromatic carbocycles. The van der Waals surface area contributed by atoms with Crippen molar-refractivity contribution in [2.24, 2.45) is 5.73 Å². The molecule has 0 radical (unpaired) electrons. The molecular weight excluding hydrogens is 388 g/mol. The van der Waals surface area contributed by atoms with Crippen molar-refractivity contribution in [3.63, 3.8) is 0 Å². The van der Waals surface area contributed by atoms with Crippen LogP contribution in [0, 0.1) is 0 Å². The van der Waals surface area contributed by atoms with Crippen molar-refractivity contribution in [1.82, 2.24) is 0 Å². The lowest BCUT2D eigenvalue weighted by Gasteiger charge is -2.31. The molecule has 0 saturated heterocycles. The van der Waals surface area contributed by atoms with E-state index in [0.717, 1.165) is 22.3 Å². The molecule has 0 bridgehead atoms. The zero-order valence-electron chi connectivity index (χ0n) is 16.0. The number of benzene rings is 3. The second kappa shape index (κ2) is 6.83. The summed E-state index contributed by atoms with van der Waals surface area (Å²) in [5, 5.41) is 0. The maximum Gasteiger partial charge on any atom is 0.387 e. The van der Waals surface area contributed by atoms with Crippen LogP contribution in [-0.4, -0.2) is 12.5 Å². The maximum atomic E-state index is 13.0. The predicted molar refractivity (Wildman–Crippen MR) is 108 cm³/mol. The lowest BCUT2D eigenvalue weighted by Crippen LogP contribution is -2.29. The molecule has 1 saturated carbocycles. The van der Waals surface area contributed by atoms with Gasteiger partial charge in [0.05, 0.1) is 11.0 Å². The predicted octanol–water partition coefficient (Wildman–Crippen LogP) is 4.95. The van der Waals surface area contributed by atoms with Gasteiger partial charge in [-0.3, -0.25) is 4.79 Å². The van der Waals surface area contributed by atoms with E-state index in [9.17, 15) is 13.6 Å². The van der Waals surface area contributed by atoms with E-state index in [1.165, 1.54) is 6.07 Å². The molecule has 1 unspecified atom stereocenters. The normalized spacial score (nSPS) is 18.2. The third-order valence-electron chi connectivity index (χ3n) is 5.93. The van der Waals surface area contributed by atoms with E-state index in [1.54, 1.807) is 12.1 Å². The van der Waals surface area contributed by atoms with Gasteiger partial charge in [0.25, 0.3) is 0 Å². The maximum absolute atomic E-state index is 13.0. The molecule has 2 aliphatic rings. The zero-order valence-corrected chi connectivity index (χ0v) is 16.0. The molecule has 3 aromatic rings. The van der Waals surface area contributed by atoms with E-state index >= 15 is 0 Å². The second-order valence-electron chi connectivity index (χ2n) is 7.66. The Labute approximate surface area is 172 Å². The van der Waals surface area contributed by atoms with Crippen molar-refractivity contribution < 1.29 is 23.0 Å². The van der Waals surface area contributed by atoms with Crippen LogP contribution >= 0.6 is 0 Å². The Kier molecular flexibility index (Phi) is 4.24. The number of hydrogen-bond acceptors (Lipinski definition) is 3. The molecule has 0 aromatic heterocycles. The Bertz CT molecular complexity index is 1130. The zero-order chi connectivity index (χ0) is 20.9. The summed E-state index contributed by atoms with van der Waals surface area (Å²) in [4.78, 5) is 12.1. The minimum absolute atomic E-state index is 0.0547. The SMILES string of the molecule is NC(=O)C1(c2ccc3c(c2)C(c2ccccc2)Oc2cccc(OC(F)F)c2-3)CC1. The standard InChI is InChI=1S/C24H19F2NO3/c25-23(26)30-19-8-4-7-18-20(19)16-10-9-15(24(11-12-24)22(27)28)13-17(16)21(29-18)14-5-2-1-3-6-14/h1-10,13,21,23H,11-12H2,(H2,27,28). The summed E-state index contributed by atoms with van der Waals surface area (Å²) < 4.78 is 37.1. The average molecular weight is 407 g/mol. The average Bonchev–Trinajstić information content (AvgIpc) is 3.55. The van der Waals surface area contributed by atoms with Crippen molar-refractivity contribution >= 4 is 5.91 Å². The number of halogens is 2. The van der Waals surface area contributed by atoms with Gasteiger partial charge in [0, 0.05) is 5.56 Å². The summed E-state index contributed by atoms with van der Waals surface area (Å²) in [6.07, 6.45) is 0.960. The Morgan fingerprint density at radius 2 is 1.83 bits per heavy atom. The summed E-state index contributed by atoms with van der Waals surface area (Å²) >= 11 is 0. The third-order valence-corrected chi connectivity index (χ3v) is 5.93. The van der Waals surface area contributed by atoms with Gasteiger partial charge in [-0.15, -0.1) is 0 Å². The van der Waals surface area contributed by atoms with Crippen LogP contribution in [-0.2, 0) is 10.2 Å². The van der Waals surface area contributed by atoms with Crippen LogP contribution in [0.15, 0.2) is 66.7 Å². The fourth-order valence-corrected chi connectivity index (χ4v) is 4.24. The highest BCUT2D eigenvalue weighted by atomic mass is 19.3. The molecule has 1 aliphatic carbocycles. The topological polar surface area (TPSA) is 61.6 Å². The molecule has 30 heavy (non-hydrogen) atoms. The van der Waals surface area contributed by atoms with E-state index in [0.29, 0.717) is 24.2 Å². The monoisotopic (exact) mass is 407 g/mol. The smallest absolute Gasteiger partial charge is 0.387 e. The molecule has 2 N–H and O–H groups in total. The first-order chi connectivity index (χ1) is 14.5. The molecule has 6 heteroatoms. The van der Waals surface area contributed by atoms with Crippen molar-refractivity contribution in [2.45, 2.75) is 31.0 Å². The summed E-state index contributed by atoms with van der Waals surface area (Å²) in [5.41, 5.74) is 8.78. The minimum Gasteiger partial charge on any atom is -0.480 e. The number of amides is 1. The van der Waals surface area contributed by atoms with E-state index in [-0.39, 0.29) is 11.7 Å². The molecule has 5 rings (SSSR count). The van der Waals surface area contributed by atoms with Gasteiger partial charge in [0.1, 0.15) is 17.6 Å². The quantitative estimate of drug-likeness (QED) is 0.651. The van der Waals surface area contributed by atoms with Crippen molar-refractivity contribution in [3.8, 4) is 22.6 Å². The lowest BCUT2D eigenvalue weighted by atomic mass is 9.84. The van der Waals surface area contributed by atoms with Crippen LogP contribution in [0.5, 0.6) is 11.5 Å². The lowest BCUT2D eigenvalue weighted by molar-refractivity contribution is -0.120. The van der Waals surface area contributed by atoms with Gasteiger partial charge < -0.3 is 15.2 Å². The molecular formula is C24H19F2NO3. The van der Waals surface area contributed by atoms with Gasteiger partial charge in [0.15, 0.2) is 0 Å². The van der Waals surface area contributed by atoms with Crippen LogP contribution < -0.4 is 15.2 Å².